The summed E-state index contributed by atoms with van der Waals surface area (Å²) < 4.78 is 22.2. The predicted molar refractivity (Wildman–Crippen MR) is 142 cm³/mol. The van der Waals surface area contributed by atoms with E-state index < -0.39 is 23.4 Å². The van der Waals surface area contributed by atoms with Crippen LogP contribution < -0.4 is 20.1 Å². The lowest BCUT2D eigenvalue weighted by Gasteiger charge is -2.19. The summed E-state index contributed by atoms with van der Waals surface area (Å²) in [4.78, 5) is 39.9. The molecule has 0 bridgehead atoms. The fraction of sp³-hybridized carbons (Fsp3) is 0.286. The average molecular weight is 522 g/mol. The summed E-state index contributed by atoms with van der Waals surface area (Å²) in [7, 11) is 0. The molecule has 0 saturated carbocycles. The number of benzene rings is 2. The molecule has 0 atom stereocenters. The van der Waals surface area contributed by atoms with Crippen LogP contribution in [0.3, 0.4) is 0 Å². The van der Waals surface area contributed by atoms with E-state index in [2.05, 4.69) is 15.6 Å². The van der Waals surface area contributed by atoms with Gasteiger partial charge in [-0.3, -0.25) is 20.4 Å². The summed E-state index contributed by atoms with van der Waals surface area (Å²) in [6, 6.07) is 13.1. The molecule has 0 unspecified atom stereocenters. The van der Waals surface area contributed by atoms with Crippen molar-refractivity contribution in [1.29, 1.82) is 0 Å². The van der Waals surface area contributed by atoms with Crippen LogP contribution in [0.2, 0.25) is 0 Å². The van der Waals surface area contributed by atoms with Gasteiger partial charge in [-0.1, -0.05) is 0 Å². The molecule has 0 saturated heterocycles. The lowest BCUT2D eigenvalue weighted by atomic mass is 10.2. The third-order valence-corrected chi connectivity index (χ3v) is 4.49. The van der Waals surface area contributed by atoms with Gasteiger partial charge in [-0.15, -0.1) is 0 Å². The molecule has 200 valence electrons. The highest BCUT2D eigenvalue weighted by molar-refractivity contribution is 5.86. The van der Waals surface area contributed by atoms with Crippen LogP contribution in [0, 0.1) is 0 Å². The van der Waals surface area contributed by atoms with Gasteiger partial charge in [0, 0.05) is 11.4 Å². The summed E-state index contributed by atoms with van der Waals surface area (Å²) in [5.74, 6) is 1.21. The van der Waals surface area contributed by atoms with E-state index >= 15 is 0 Å². The largest absolute Gasteiger partial charge is 0.455 e. The summed E-state index contributed by atoms with van der Waals surface area (Å²) >= 11 is 0. The molecule has 3 aromatic rings. The maximum absolute atomic E-state index is 11.9. The van der Waals surface area contributed by atoms with Crippen LogP contribution >= 0.6 is 0 Å². The van der Waals surface area contributed by atoms with Crippen LogP contribution in [-0.2, 0) is 9.47 Å². The normalized spacial score (nSPS) is 11.2. The van der Waals surface area contributed by atoms with Gasteiger partial charge in [0.15, 0.2) is 17.8 Å². The number of nitrogens with one attached hydrogen (secondary N) is 2. The molecule has 1 aromatic heterocycles. The van der Waals surface area contributed by atoms with Gasteiger partial charge in [0.2, 0.25) is 0 Å². The molecule has 10 nitrogen and oxygen atoms in total. The standard InChI is InChI=1S/C28H31N3O7/c1-27(2,3)37-25(33)30-18-7-11-20(12-8-18)35-23-15-29-16-24(22(23)17-32)36-21-13-9-19(10-14-21)31-26(34)38-28(4,5)6/h7-17H,1-6H3,(H,30,33)(H,31,34). The van der Waals surface area contributed by atoms with Gasteiger partial charge in [0.1, 0.15) is 28.3 Å². The Bertz CT molecular complexity index is 1180. The molecular formula is C28H31N3O7. The zero-order valence-corrected chi connectivity index (χ0v) is 22.2. The van der Waals surface area contributed by atoms with E-state index in [1.807, 2.05) is 0 Å². The second-order valence-electron chi connectivity index (χ2n) is 10.2. The first-order chi connectivity index (χ1) is 17.8. The number of ether oxygens (including phenoxy) is 4. The Labute approximate surface area is 221 Å². The van der Waals surface area contributed by atoms with Crippen molar-refractivity contribution in [3.05, 3.63) is 66.5 Å². The SMILES string of the molecule is CC(C)(C)OC(=O)Nc1ccc(Oc2cncc(Oc3ccc(NC(=O)OC(C)(C)C)cc3)c2C=O)cc1. The van der Waals surface area contributed by atoms with Crippen LogP contribution in [-0.4, -0.2) is 34.7 Å². The molecule has 38 heavy (non-hydrogen) atoms. The van der Waals surface area contributed by atoms with Gasteiger partial charge < -0.3 is 18.9 Å². The Hall–Kier alpha value is -4.60. The van der Waals surface area contributed by atoms with E-state index in [9.17, 15) is 14.4 Å². The van der Waals surface area contributed by atoms with Crippen LogP contribution in [0.4, 0.5) is 21.0 Å². The van der Waals surface area contributed by atoms with Gasteiger partial charge in [0.05, 0.1) is 12.4 Å². The molecule has 1 heterocycles. The Kier molecular flexibility index (Phi) is 8.57. The zero-order valence-electron chi connectivity index (χ0n) is 22.2. The average Bonchev–Trinajstić information content (AvgIpc) is 2.79. The van der Waals surface area contributed by atoms with Crippen molar-refractivity contribution in [2.45, 2.75) is 52.7 Å². The highest BCUT2D eigenvalue weighted by atomic mass is 16.6. The Morgan fingerprint density at radius 2 is 1.05 bits per heavy atom. The van der Waals surface area contributed by atoms with Crippen molar-refractivity contribution >= 4 is 29.8 Å². The number of amides is 2. The molecule has 2 N–H and O–H groups in total. The number of anilines is 2. The third kappa shape index (κ3) is 8.81. The quantitative estimate of drug-likeness (QED) is 0.313. The second-order valence-corrected chi connectivity index (χ2v) is 10.2. The minimum Gasteiger partial charge on any atom is -0.455 e. The first-order valence-electron chi connectivity index (χ1n) is 11.8. The number of nitrogens with zero attached hydrogens (tertiary/aromatic N) is 1. The lowest BCUT2D eigenvalue weighted by molar-refractivity contribution is 0.0624. The minimum absolute atomic E-state index is 0.159. The summed E-state index contributed by atoms with van der Waals surface area (Å²) in [5, 5.41) is 5.27. The molecule has 0 radical (unpaired) electrons. The lowest BCUT2D eigenvalue weighted by Crippen LogP contribution is -2.27. The van der Waals surface area contributed by atoms with Crippen LogP contribution in [0.1, 0.15) is 51.9 Å². The van der Waals surface area contributed by atoms with Crippen molar-refractivity contribution in [2.75, 3.05) is 10.6 Å². The number of pyridine rings is 1. The van der Waals surface area contributed by atoms with Gasteiger partial charge in [-0.2, -0.15) is 0 Å². The second kappa shape index (κ2) is 11.6. The van der Waals surface area contributed by atoms with Gasteiger partial charge in [-0.05, 0) is 90.1 Å². The summed E-state index contributed by atoms with van der Waals surface area (Å²) in [6.07, 6.45) is 2.27. The van der Waals surface area contributed by atoms with Crippen LogP contribution in [0.25, 0.3) is 0 Å². The number of aromatic nitrogens is 1. The number of rotatable bonds is 7. The molecule has 0 fully saturated rings. The topological polar surface area (TPSA) is 125 Å². The monoisotopic (exact) mass is 521 g/mol. The third-order valence-electron chi connectivity index (χ3n) is 4.49. The molecule has 0 aliphatic carbocycles. The number of carbonyl (C=O) groups is 3. The first kappa shape index (κ1) is 28.0. The molecule has 0 aliphatic heterocycles. The maximum atomic E-state index is 11.9. The molecule has 3 rings (SSSR count). The van der Waals surface area contributed by atoms with E-state index in [-0.39, 0.29) is 17.1 Å². The van der Waals surface area contributed by atoms with Crippen molar-refractivity contribution in [3.8, 4) is 23.0 Å². The fourth-order valence-corrected chi connectivity index (χ4v) is 3.02. The zero-order chi connectivity index (χ0) is 27.9. The van der Waals surface area contributed by atoms with Crippen LogP contribution in [0.5, 0.6) is 23.0 Å². The van der Waals surface area contributed by atoms with Crippen molar-refractivity contribution in [3.63, 3.8) is 0 Å². The molecular weight excluding hydrogens is 490 g/mol. The highest BCUT2D eigenvalue weighted by Gasteiger charge is 2.18. The van der Waals surface area contributed by atoms with Crippen molar-refractivity contribution < 1.29 is 33.3 Å². The predicted octanol–water partition coefficient (Wildman–Crippen LogP) is 7.17. The van der Waals surface area contributed by atoms with E-state index in [0.717, 1.165) is 0 Å². The van der Waals surface area contributed by atoms with E-state index in [4.69, 9.17) is 18.9 Å². The number of carbonyl (C=O) groups excluding carboxylic acids is 3. The van der Waals surface area contributed by atoms with Crippen molar-refractivity contribution in [1.82, 2.24) is 4.98 Å². The smallest absolute Gasteiger partial charge is 0.412 e. The maximum Gasteiger partial charge on any atom is 0.412 e. The number of hydrogen-bond donors (Lipinski definition) is 2. The molecule has 0 aliphatic rings. The van der Waals surface area contributed by atoms with Crippen LogP contribution in [0.15, 0.2) is 60.9 Å². The van der Waals surface area contributed by atoms with E-state index in [0.29, 0.717) is 29.2 Å². The van der Waals surface area contributed by atoms with Gasteiger partial charge >= 0.3 is 12.2 Å². The van der Waals surface area contributed by atoms with E-state index in [1.54, 1.807) is 90.1 Å². The molecule has 10 heteroatoms. The number of hydrogen-bond acceptors (Lipinski definition) is 8. The van der Waals surface area contributed by atoms with Gasteiger partial charge in [-0.25, -0.2) is 9.59 Å². The molecule has 2 amide bonds. The minimum atomic E-state index is -0.614. The molecule has 0 spiro atoms. The Balaban J connectivity index is 1.67. The molecule has 2 aromatic carbocycles. The summed E-state index contributed by atoms with van der Waals surface area (Å²) in [5.41, 5.74) is -0.0365. The first-order valence-corrected chi connectivity index (χ1v) is 11.8. The number of aldehydes is 1. The van der Waals surface area contributed by atoms with Gasteiger partial charge in [0.25, 0.3) is 0 Å². The van der Waals surface area contributed by atoms with Crippen molar-refractivity contribution in [2.24, 2.45) is 0 Å². The Morgan fingerprint density at radius 3 is 1.37 bits per heavy atom. The fourth-order valence-electron chi connectivity index (χ4n) is 3.02. The Morgan fingerprint density at radius 1 is 0.684 bits per heavy atom. The highest BCUT2D eigenvalue weighted by Crippen LogP contribution is 2.33. The summed E-state index contributed by atoms with van der Waals surface area (Å²) in [6.45, 7) is 10.7. The van der Waals surface area contributed by atoms with E-state index in [1.165, 1.54) is 12.4 Å².